The summed E-state index contributed by atoms with van der Waals surface area (Å²) in [5.74, 6) is -0.0281. The van der Waals surface area contributed by atoms with E-state index in [2.05, 4.69) is 16.0 Å². The second kappa shape index (κ2) is 11.0. The minimum Gasteiger partial charge on any atom is -0.472 e. The van der Waals surface area contributed by atoms with Crippen molar-refractivity contribution in [2.24, 2.45) is 5.92 Å². The first-order valence-electron chi connectivity index (χ1n) is 12.3. The third-order valence-electron chi connectivity index (χ3n) is 6.92. The molecule has 186 valence electrons. The van der Waals surface area contributed by atoms with E-state index < -0.39 is 0 Å². The van der Waals surface area contributed by atoms with Gasteiger partial charge in [-0.3, -0.25) is 14.6 Å². The number of pyridine rings is 2. The van der Waals surface area contributed by atoms with Crippen molar-refractivity contribution in [1.82, 2.24) is 19.8 Å². The average Bonchev–Trinajstić information content (AvgIpc) is 3.41. The quantitative estimate of drug-likeness (QED) is 0.657. The van der Waals surface area contributed by atoms with Gasteiger partial charge >= 0.3 is 0 Å². The van der Waals surface area contributed by atoms with Crippen LogP contribution in [0.5, 0.6) is 5.88 Å². The van der Waals surface area contributed by atoms with Crippen molar-refractivity contribution in [1.29, 1.82) is 0 Å². The maximum atomic E-state index is 13.5. The van der Waals surface area contributed by atoms with Crippen LogP contribution in [0.2, 0.25) is 0 Å². The molecule has 0 spiro atoms. The lowest BCUT2D eigenvalue weighted by molar-refractivity contribution is -0.130. The molecule has 0 saturated heterocycles. The Balaban J connectivity index is 1.60. The Bertz CT molecular complexity index is 1090. The van der Waals surface area contributed by atoms with Crippen LogP contribution in [-0.2, 0) is 11.2 Å². The molecule has 0 bridgehead atoms. The van der Waals surface area contributed by atoms with Crippen molar-refractivity contribution in [2.45, 2.75) is 51.7 Å². The second-order valence-corrected chi connectivity index (χ2v) is 9.63. The topological polar surface area (TPSA) is 95.9 Å². The Labute approximate surface area is 206 Å². The van der Waals surface area contributed by atoms with Gasteiger partial charge in [0.05, 0.1) is 25.6 Å². The summed E-state index contributed by atoms with van der Waals surface area (Å²) in [5.41, 5.74) is 3.43. The van der Waals surface area contributed by atoms with Gasteiger partial charge in [0, 0.05) is 38.1 Å². The molecule has 1 aliphatic heterocycles. The molecule has 8 nitrogen and oxygen atoms in total. The van der Waals surface area contributed by atoms with Crippen LogP contribution in [0, 0.1) is 5.92 Å². The number of aliphatic hydroxyl groups is 1. The van der Waals surface area contributed by atoms with E-state index in [4.69, 9.17) is 4.74 Å². The molecule has 1 aliphatic carbocycles. The van der Waals surface area contributed by atoms with E-state index in [1.54, 1.807) is 35.4 Å². The number of hydrogen-bond acceptors (Lipinski definition) is 6. The predicted octanol–water partition coefficient (Wildman–Crippen LogP) is 2.97. The standard InChI is InChI=1S/C27H34N4O4/c1-18-15-31(19(2)17-32)27(34)23-13-22(21-6-4-5-7-21)14-29-26(23)35-24(18)16-30(3)25(33)12-20-8-10-28-11-9-20/h6,8-11,13-14,18-19,24,32H,4-5,7,12,15-17H2,1-3H3/t18-,19-,24+/m1/s1. The molecule has 0 radical (unpaired) electrons. The van der Waals surface area contributed by atoms with Crippen LogP contribution in [0.3, 0.4) is 0 Å². The number of aliphatic hydroxyl groups excluding tert-OH is 1. The van der Waals surface area contributed by atoms with Gasteiger partial charge in [0.1, 0.15) is 11.7 Å². The lowest BCUT2D eigenvalue weighted by atomic mass is 9.99. The van der Waals surface area contributed by atoms with Gasteiger partial charge < -0.3 is 19.6 Å². The smallest absolute Gasteiger partial charge is 0.259 e. The fraction of sp³-hybridized carbons (Fsp3) is 0.481. The van der Waals surface area contributed by atoms with E-state index in [9.17, 15) is 14.7 Å². The number of likely N-dealkylation sites (N-methyl/N-ethyl adjacent to an activating group) is 1. The number of rotatable bonds is 7. The van der Waals surface area contributed by atoms with E-state index in [0.29, 0.717) is 18.7 Å². The highest BCUT2D eigenvalue weighted by atomic mass is 16.5. The SMILES string of the molecule is C[C@@H]1CN([C@H](C)CO)C(=O)c2cc(C3=CCCC3)cnc2O[C@H]1CN(C)C(=O)Cc1ccncc1. The second-order valence-electron chi connectivity index (χ2n) is 9.63. The molecular weight excluding hydrogens is 444 g/mol. The Morgan fingerprint density at radius 1 is 1.34 bits per heavy atom. The number of ether oxygens (including phenoxy) is 1. The predicted molar refractivity (Wildman–Crippen MR) is 133 cm³/mol. The number of aromatic nitrogens is 2. The zero-order valence-corrected chi connectivity index (χ0v) is 20.7. The van der Waals surface area contributed by atoms with Crippen molar-refractivity contribution >= 4 is 17.4 Å². The van der Waals surface area contributed by atoms with Crippen LogP contribution in [0.4, 0.5) is 0 Å². The minimum atomic E-state index is -0.370. The number of carbonyl (C=O) groups is 2. The highest BCUT2D eigenvalue weighted by molar-refractivity contribution is 5.97. The average molecular weight is 479 g/mol. The maximum Gasteiger partial charge on any atom is 0.259 e. The number of amides is 2. The highest BCUT2D eigenvalue weighted by Crippen LogP contribution is 2.32. The first kappa shape index (κ1) is 24.9. The Morgan fingerprint density at radius 2 is 2.11 bits per heavy atom. The molecule has 2 amide bonds. The van der Waals surface area contributed by atoms with Gasteiger partial charge in [-0.25, -0.2) is 4.98 Å². The number of allylic oxidation sites excluding steroid dienone is 2. The number of carbonyl (C=O) groups excluding carboxylic acids is 2. The van der Waals surface area contributed by atoms with Crippen LogP contribution in [-0.4, -0.2) is 75.6 Å². The van der Waals surface area contributed by atoms with Crippen LogP contribution < -0.4 is 4.74 Å². The minimum absolute atomic E-state index is 0.0255. The third kappa shape index (κ3) is 5.70. The molecular formula is C27H34N4O4. The molecule has 3 heterocycles. The summed E-state index contributed by atoms with van der Waals surface area (Å²) < 4.78 is 6.33. The number of nitrogens with zero attached hydrogens (tertiary/aromatic N) is 4. The van der Waals surface area contributed by atoms with E-state index in [1.807, 2.05) is 32.0 Å². The third-order valence-corrected chi connectivity index (χ3v) is 6.92. The van der Waals surface area contributed by atoms with Gasteiger partial charge in [0.15, 0.2) is 0 Å². The molecule has 2 aliphatic rings. The monoisotopic (exact) mass is 478 g/mol. The van der Waals surface area contributed by atoms with Crippen molar-refractivity contribution < 1.29 is 19.4 Å². The molecule has 8 heteroatoms. The van der Waals surface area contributed by atoms with Crippen LogP contribution in [0.1, 0.15) is 54.6 Å². The summed E-state index contributed by atoms with van der Waals surface area (Å²) in [7, 11) is 1.77. The highest BCUT2D eigenvalue weighted by Gasteiger charge is 2.35. The van der Waals surface area contributed by atoms with E-state index in [1.165, 1.54) is 5.57 Å². The molecule has 0 aromatic carbocycles. The summed E-state index contributed by atoms with van der Waals surface area (Å²) in [6.45, 7) is 4.46. The molecule has 2 aromatic rings. The molecule has 0 saturated carbocycles. The Morgan fingerprint density at radius 3 is 2.80 bits per heavy atom. The summed E-state index contributed by atoms with van der Waals surface area (Å²) in [6, 6.07) is 5.18. The Kier molecular flexibility index (Phi) is 7.80. The largest absolute Gasteiger partial charge is 0.472 e. The summed E-state index contributed by atoms with van der Waals surface area (Å²) >= 11 is 0. The lowest BCUT2D eigenvalue weighted by Gasteiger charge is -2.37. The molecule has 0 unspecified atom stereocenters. The van der Waals surface area contributed by atoms with E-state index in [-0.39, 0.29) is 48.8 Å². The van der Waals surface area contributed by atoms with Gasteiger partial charge in [-0.15, -0.1) is 0 Å². The zero-order chi connectivity index (χ0) is 24.9. The van der Waals surface area contributed by atoms with E-state index in [0.717, 1.165) is 30.4 Å². The first-order chi connectivity index (χ1) is 16.9. The van der Waals surface area contributed by atoms with Crippen molar-refractivity contribution in [3.8, 4) is 5.88 Å². The van der Waals surface area contributed by atoms with Crippen molar-refractivity contribution in [2.75, 3.05) is 26.7 Å². The fourth-order valence-corrected chi connectivity index (χ4v) is 4.61. The molecule has 0 fully saturated rings. The summed E-state index contributed by atoms with van der Waals surface area (Å²) in [6.07, 6.45) is 10.3. The molecule has 3 atom stereocenters. The Hall–Kier alpha value is -3.26. The number of fused-ring (bicyclic) bond motifs is 1. The van der Waals surface area contributed by atoms with Crippen LogP contribution in [0.15, 0.2) is 42.9 Å². The normalized spacial score (nSPS) is 20.9. The zero-order valence-electron chi connectivity index (χ0n) is 20.7. The van der Waals surface area contributed by atoms with Gasteiger partial charge in [-0.1, -0.05) is 13.0 Å². The number of hydrogen-bond donors (Lipinski definition) is 1. The van der Waals surface area contributed by atoms with Crippen LogP contribution in [0.25, 0.3) is 5.57 Å². The van der Waals surface area contributed by atoms with Gasteiger partial charge in [0.25, 0.3) is 5.91 Å². The lowest BCUT2D eigenvalue weighted by Crippen LogP contribution is -2.50. The van der Waals surface area contributed by atoms with Gasteiger partial charge in [-0.05, 0) is 61.1 Å². The first-order valence-corrected chi connectivity index (χ1v) is 12.3. The summed E-state index contributed by atoms with van der Waals surface area (Å²) in [4.78, 5) is 38.4. The molecule has 4 rings (SSSR count). The fourth-order valence-electron chi connectivity index (χ4n) is 4.61. The molecule has 1 N–H and O–H groups in total. The molecule has 2 aromatic heterocycles. The summed E-state index contributed by atoms with van der Waals surface area (Å²) in [5, 5.41) is 9.85. The van der Waals surface area contributed by atoms with Gasteiger partial charge in [-0.2, -0.15) is 0 Å². The van der Waals surface area contributed by atoms with Crippen molar-refractivity contribution in [3.05, 3.63) is 59.6 Å². The van der Waals surface area contributed by atoms with Crippen LogP contribution >= 0.6 is 0 Å². The van der Waals surface area contributed by atoms with E-state index >= 15 is 0 Å². The van der Waals surface area contributed by atoms with Gasteiger partial charge in [0.2, 0.25) is 11.8 Å². The van der Waals surface area contributed by atoms with Crippen molar-refractivity contribution in [3.63, 3.8) is 0 Å². The molecule has 35 heavy (non-hydrogen) atoms. The maximum absolute atomic E-state index is 13.5.